The third kappa shape index (κ3) is 4.38. The van der Waals surface area contributed by atoms with E-state index in [1.807, 2.05) is 25.2 Å². The maximum atomic E-state index is 12.6. The lowest BCUT2D eigenvalue weighted by Gasteiger charge is -2.31. The summed E-state index contributed by atoms with van der Waals surface area (Å²) in [5, 5.41) is 3.06. The molecule has 1 saturated heterocycles. The number of H-pyrrole nitrogens is 1. The Bertz CT molecular complexity index is 965. The molecule has 4 rings (SSSR count). The van der Waals surface area contributed by atoms with E-state index in [0.29, 0.717) is 6.54 Å². The predicted molar refractivity (Wildman–Crippen MR) is 114 cm³/mol. The smallest absolute Gasteiger partial charge is 0.237 e. The Morgan fingerprint density at radius 3 is 2.76 bits per heavy atom. The number of hydrogen-bond donors (Lipinski definition) is 2. The number of nitrogens with zero attached hydrogens (tertiary/aromatic N) is 3. The lowest BCUT2D eigenvalue weighted by atomic mass is 10.0. The maximum absolute atomic E-state index is 12.6. The van der Waals surface area contributed by atoms with Crippen molar-refractivity contribution in [3.63, 3.8) is 0 Å². The first-order valence-electron chi connectivity index (χ1n) is 10.2. The highest BCUT2D eigenvalue weighted by Gasteiger charge is 2.26. The van der Waals surface area contributed by atoms with Gasteiger partial charge in [-0.3, -0.25) is 14.7 Å². The second-order valence-corrected chi connectivity index (χ2v) is 7.70. The maximum Gasteiger partial charge on any atom is 0.237 e. The van der Waals surface area contributed by atoms with E-state index in [0.717, 1.165) is 54.3 Å². The van der Waals surface area contributed by atoms with Gasteiger partial charge < -0.3 is 10.3 Å². The van der Waals surface area contributed by atoms with Crippen LogP contribution in [0.1, 0.15) is 30.7 Å². The number of piperidine rings is 1. The number of hydrogen-bond acceptors (Lipinski definition) is 4. The molecule has 2 aromatic heterocycles. The highest BCUT2D eigenvalue weighted by molar-refractivity contribution is 5.82. The molecule has 6 nitrogen and oxygen atoms in total. The van der Waals surface area contributed by atoms with Crippen molar-refractivity contribution >= 4 is 5.91 Å². The van der Waals surface area contributed by atoms with Crippen molar-refractivity contribution in [1.82, 2.24) is 25.2 Å². The minimum Gasteiger partial charge on any atom is -0.348 e. The molecular formula is C23H27N5O. The summed E-state index contributed by atoms with van der Waals surface area (Å²) in [4.78, 5) is 27.4. The van der Waals surface area contributed by atoms with Crippen LogP contribution >= 0.6 is 0 Å². The molecule has 1 fully saturated rings. The van der Waals surface area contributed by atoms with Crippen molar-refractivity contribution in [2.24, 2.45) is 0 Å². The second kappa shape index (κ2) is 8.57. The summed E-state index contributed by atoms with van der Waals surface area (Å²) in [6, 6.07) is 14.1. The zero-order valence-electron chi connectivity index (χ0n) is 17.0. The fourth-order valence-electron chi connectivity index (χ4n) is 3.82. The minimum atomic E-state index is -0.0504. The van der Waals surface area contributed by atoms with Crippen molar-refractivity contribution in [3.05, 3.63) is 60.0 Å². The van der Waals surface area contributed by atoms with Gasteiger partial charge in [-0.15, -0.1) is 0 Å². The highest BCUT2D eigenvalue weighted by Crippen LogP contribution is 2.29. The number of likely N-dealkylation sites (tertiary alicyclic amines) is 1. The van der Waals surface area contributed by atoms with Gasteiger partial charge in [0, 0.05) is 11.8 Å². The quantitative estimate of drug-likeness (QED) is 0.700. The number of likely N-dealkylation sites (N-methyl/N-ethyl adjacent to an activating group) is 1. The Morgan fingerprint density at radius 2 is 2.03 bits per heavy atom. The summed E-state index contributed by atoms with van der Waals surface area (Å²) in [5.41, 5.74) is 4.78. The molecule has 29 heavy (non-hydrogen) atoms. The molecule has 1 unspecified atom stereocenters. The average molecular weight is 390 g/mol. The van der Waals surface area contributed by atoms with Crippen molar-refractivity contribution in [2.75, 3.05) is 13.6 Å². The first kappa shape index (κ1) is 19.3. The molecule has 0 aliphatic carbocycles. The zero-order chi connectivity index (χ0) is 20.2. The second-order valence-electron chi connectivity index (χ2n) is 7.70. The number of carbonyl (C=O) groups is 1. The fraction of sp³-hybridized carbons (Fsp3) is 0.348. The van der Waals surface area contributed by atoms with Crippen LogP contribution in [0.5, 0.6) is 0 Å². The van der Waals surface area contributed by atoms with E-state index in [4.69, 9.17) is 4.98 Å². The molecule has 1 aliphatic rings. The standard InChI is InChI=1S/C23H27N5O/c1-16-9-11-17(12-10-16)21-22(18-7-3-5-13-24-18)27-20(26-21)15-25-23(29)19-8-4-6-14-28(19)2/h3,5,7,9-13,19H,4,6,8,14-15H2,1-2H3,(H,25,29)(H,26,27). The lowest BCUT2D eigenvalue weighted by Crippen LogP contribution is -2.47. The summed E-state index contributed by atoms with van der Waals surface area (Å²) in [5.74, 6) is 0.799. The molecule has 3 aromatic rings. The zero-order valence-corrected chi connectivity index (χ0v) is 17.0. The van der Waals surface area contributed by atoms with Gasteiger partial charge in [-0.25, -0.2) is 4.98 Å². The van der Waals surface area contributed by atoms with Gasteiger partial charge in [0.05, 0.1) is 29.7 Å². The van der Waals surface area contributed by atoms with Crippen LogP contribution in [-0.2, 0) is 11.3 Å². The Morgan fingerprint density at radius 1 is 1.21 bits per heavy atom. The Hall–Kier alpha value is -2.99. The van der Waals surface area contributed by atoms with Gasteiger partial charge >= 0.3 is 0 Å². The van der Waals surface area contributed by atoms with E-state index < -0.39 is 0 Å². The molecule has 150 valence electrons. The Balaban J connectivity index is 1.58. The number of pyridine rings is 1. The third-order valence-electron chi connectivity index (χ3n) is 5.50. The average Bonchev–Trinajstić information content (AvgIpc) is 3.18. The van der Waals surface area contributed by atoms with Gasteiger partial charge in [-0.1, -0.05) is 42.3 Å². The van der Waals surface area contributed by atoms with E-state index >= 15 is 0 Å². The molecule has 2 N–H and O–H groups in total. The number of nitrogens with one attached hydrogen (secondary N) is 2. The number of aryl methyl sites for hydroxylation is 1. The van der Waals surface area contributed by atoms with E-state index in [-0.39, 0.29) is 11.9 Å². The Labute approximate surface area is 171 Å². The number of aromatic nitrogens is 3. The number of carbonyl (C=O) groups excluding carboxylic acids is 1. The van der Waals surface area contributed by atoms with Crippen LogP contribution in [0, 0.1) is 6.92 Å². The topological polar surface area (TPSA) is 73.9 Å². The first-order valence-corrected chi connectivity index (χ1v) is 10.2. The summed E-state index contributed by atoms with van der Waals surface area (Å²) in [7, 11) is 2.02. The molecule has 1 atom stereocenters. The summed E-state index contributed by atoms with van der Waals surface area (Å²) in [6.07, 6.45) is 4.94. The van der Waals surface area contributed by atoms with Crippen LogP contribution in [-0.4, -0.2) is 45.4 Å². The molecule has 3 heterocycles. The lowest BCUT2D eigenvalue weighted by molar-refractivity contribution is -0.127. The number of benzene rings is 1. The number of imidazole rings is 1. The van der Waals surface area contributed by atoms with Gasteiger partial charge in [0.1, 0.15) is 5.82 Å². The molecule has 0 spiro atoms. The van der Waals surface area contributed by atoms with Crippen LogP contribution in [0.3, 0.4) is 0 Å². The monoisotopic (exact) mass is 389 g/mol. The van der Waals surface area contributed by atoms with Crippen molar-refractivity contribution < 1.29 is 4.79 Å². The van der Waals surface area contributed by atoms with Crippen LogP contribution in [0.15, 0.2) is 48.7 Å². The summed E-state index contributed by atoms with van der Waals surface area (Å²) < 4.78 is 0. The summed E-state index contributed by atoms with van der Waals surface area (Å²) in [6.45, 7) is 3.41. The first-order chi connectivity index (χ1) is 14.1. The van der Waals surface area contributed by atoms with E-state index in [9.17, 15) is 4.79 Å². The van der Waals surface area contributed by atoms with E-state index in [2.05, 4.69) is 51.4 Å². The number of rotatable bonds is 5. The minimum absolute atomic E-state index is 0.0504. The largest absolute Gasteiger partial charge is 0.348 e. The molecule has 1 amide bonds. The van der Waals surface area contributed by atoms with Crippen molar-refractivity contribution in [1.29, 1.82) is 0 Å². The van der Waals surface area contributed by atoms with Crippen LogP contribution < -0.4 is 5.32 Å². The van der Waals surface area contributed by atoms with Gasteiger partial charge in [0.2, 0.25) is 5.91 Å². The highest BCUT2D eigenvalue weighted by atomic mass is 16.2. The normalized spacial score (nSPS) is 17.2. The van der Waals surface area contributed by atoms with Gasteiger partial charge in [0.25, 0.3) is 0 Å². The number of aromatic amines is 1. The molecule has 0 radical (unpaired) electrons. The van der Waals surface area contributed by atoms with Gasteiger partial charge in [0.15, 0.2) is 0 Å². The van der Waals surface area contributed by atoms with Gasteiger partial charge in [-0.05, 0) is 45.5 Å². The van der Waals surface area contributed by atoms with Crippen molar-refractivity contribution in [2.45, 2.75) is 38.8 Å². The molecule has 6 heteroatoms. The fourth-order valence-corrected chi connectivity index (χ4v) is 3.82. The predicted octanol–water partition coefficient (Wildman–Crippen LogP) is 3.55. The van der Waals surface area contributed by atoms with Crippen LogP contribution in [0.4, 0.5) is 0 Å². The molecule has 1 aliphatic heterocycles. The van der Waals surface area contributed by atoms with E-state index in [1.165, 1.54) is 5.56 Å². The molecule has 0 bridgehead atoms. The SMILES string of the molecule is Cc1ccc(-c2nc(CNC(=O)C3CCCCN3C)[nH]c2-c2ccccn2)cc1. The van der Waals surface area contributed by atoms with E-state index in [1.54, 1.807) is 6.20 Å². The van der Waals surface area contributed by atoms with Crippen molar-refractivity contribution in [3.8, 4) is 22.6 Å². The number of amides is 1. The molecular weight excluding hydrogens is 362 g/mol. The third-order valence-corrected chi connectivity index (χ3v) is 5.50. The van der Waals surface area contributed by atoms with Crippen LogP contribution in [0.2, 0.25) is 0 Å². The molecule has 0 saturated carbocycles. The summed E-state index contributed by atoms with van der Waals surface area (Å²) >= 11 is 0. The Kier molecular flexibility index (Phi) is 5.71. The van der Waals surface area contributed by atoms with Gasteiger partial charge in [-0.2, -0.15) is 0 Å². The van der Waals surface area contributed by atoms with Crippen LogP contribution in [0.25, 0.3) is 22.6 Å². The molecule has 1 aromatic carbocycles.